The van der Waals surface area contributed by atoms with Crippen LogP contribution >= 0.6 is 7.41 Å². The molecule has 0 spiro atoms. The predicted octanol–water partition coefficient (Wildman–Crippen LogP) is 9.93. The molecule has 2 aliphatic rings. The summed E-state index contributed by atoms with van der Waals surface area (Å²) in [6.45, 7) is 14.5. The lowest BCUT2D eigenvalue weighted by molar-refractivity contribution is 0.312. The highest BCUT2D eigenvalue weighted by molar-refractivity contribution is 7.95. The molecule has 8 rings (SSSR count). The van der Waals surface area contributed by atoms with Crippen molar-refractivity contribution in [1.82, 2.24) is 0 Å². The summed E-state index contributed by atoms with van der Waals surface area (Å²) in [5, 5.41) is 5.64. The zero-order chi connectivity index (χ0) is 44.4. The summed E-state index contributed by atoms with van der Waals surface area (Å²) < 4.78 is 171. The molecule has 0 N–H and O–H groups in total. The summed E-state index contributed by atoms with van der Waals surface area (Å²) in [4.78, 5) is 4.91. The van der Waals surface area contributed by atoms with E-state index in [-0.39, 0.29) is 11.3 Å². The SMILES string of the molecule is Cc1cc(C)c([P+]2(c3c(C)cc(C)cc3C)/N=N/O[B-](c3c(F)c(F)c(F)c(F)c3F)(c3c(F)c(F)c(F)c(F)c3F)c3cccc4c3Oc3c(cccc32)C4(C)C)c(C)c1. The number of nitrogens with zero attached hydrogens (tertiary/aromatic N) is 2. The Kier molecular flexibility index (Phi) is 9.77. The van der Waals surface area contributed by atoms with E-state index >= 15 is 35.1 Å². The Bertz CT molecular complexity index is 2720. The molecule has 0 saturated carbocycles. The molecule has 2 heterocycles. The van der Waals surface area contributed by atoms with Gasteiger partial charge in [-0.05, 0) is 69.9 Å². The summed E-state index contributed by atoms with van der Waals surface area (Å²) >= 11 is 0. The third-order valence-electron chi connectivity index (χ3n) is 12.0. The molecular formula is C45H34BF10N2O2P. The first-order chi connectivity index (χ1) is 28.6. The molecule has 2 bridgehead atoms. The molecule has 0 fully saturated rings. The molecule has 0 amide bonds. The number of benzene rings is 6. The van der Waals surface area contributed by atoms with E-state index in [0.717, 1.165) is 17.2 Å². The van der Waals surface area contributed by atoms with Gasteiger partial charge >= 0.3 is 0 Å². The van der Waals surface area contributed by atoms with E-state index in [1.165, 1.54) is 12.1 Å². The van der Waals surface area contributed by atoms with Gasteiger partial charge in [0.2, 0.25) is 0 Å². The zero-order valence-electron chi connectivity index (χ0n) is 33.8. The van der Waals surface area contributed by atoms with Crippen LogP contribution in [0.15, 0.2) is 70.8 Å². The summed E-state index contributed by atoms with van der Waals surface area (Å²) in [7, 11) is -3.87. The Labute approximate surface area is 344 Å². The maximum atomic E-state index is 16.6. The largest absolute Gasteiger partial charge is 0.584 e. The first-order valence-electron chi connectivity index (χ1n) is 19.0. The summed E-state index contributed by atoms with van der Waals surface area (Å²) in [6, 6.07) is 16.4. The van der Waals surface area contributed by atoms with Gasteiger partial charge in [-0.3, -0.25) is 0 Å². The maximum Gasteiger partial charge on any atom is 0.292 e. The van der Waals surface area contributed by atoms with E-state index in [2.05, 4.69) is 5.28 Å². The first kappa shape index (κ1) is 42.0. The van der Waals surface area contributed by atoms with Gasteiger partial charge in [0.05, 0.1) is 0 Å². The summed E-state index contributed by atoms with van der Waals surface area (Å²) in [5.74, 6) is -26.9. The number of rotatable bonds is 4. The van der Waals surface area contributed by atoms with Crippen molar-refractivity contribution in [2.75, 3.05) is 0 Å². The van der Waals surface area contributed by atoms with Crippen LogP contribution in [0.1, 0.15) is 58.4 Å². The van der Waals surface area contributed by atoms with Crippen molar-refractivity contribution < 1.29 is 53.4 Å². The summed E-state index contributed by atoms with van der Waals surface area (Å²) in [6.07, 6.45) is -5.16. The minimum atomic E-state index is -5.16. The Morgan fingerprint density at radius 1 is 0.508 bits per heavy atom. The van der Waals surface area contributed by atoms with Gasteiger partial charge in [-0.1, -0.05) is 90.5 Å². The molecule has 0 saturated heterocycles. The first-order valence-corrected chi connectivity index (χ1v) is 20.7. The highest BCUT2D eigenvalue weighted by atomic mass is 31.2. The Morgan fingerprint density at radius 3 is 1.31 bits per heavy atom. The number of para-hydroxylation sites is 2. The topological polar surface area (TPSA) is 43.2 Å². The molecule has 314 valence electrons. The van der Waals surface area contributed by atoms with Gasteiger partial charge in [0.25, 0.3) is 13.8 Å². The van der Waals surface area contributed by atoms with Crippen LogP contribution in [-0.4, -0.2) is 6.35 Å². The van der Waals surface area contributed by atoms with E-state index in [4.69, 9.17) is 14.4 Å². The number of ether oxygens (including phenoxy) is 1. The van der Waals surface area contributed by atoms with Crippen LogP contribution in [0.25, 0.3) is 0 Å². The minimum Gasteiger partial charge on any atom is -0.584 e. The average molecular weight is 867 g/mol. The van der Waals surface area contributed by atoms with Gasteiger partial charge in [0.15, 0.2) is 46.0 Å². The average Bonchev–Trinajstić information content (AvgIpc) is 3.19. The minimum absolute atomic E-state index is 0.0971. The quantitative estimate of drug-likeness (QED) is 0.0583. The lowest BCUT2D eigenvalue weighted by Crippen LogP contribution is -2.73. The fourth-order valence-electron chi connectivity index (χ4n) is 9.69. The smallest absolute Gasteiger partial charge is 0.292 e. The van der Waals surface area contributed by atoms with Crippen LogP contribution in [-0.2, 0) is 10.2 Å². The zero-order valence-corrected chi connectivity index (χ0v) is 34.7. The fourth-order valence-corrected chi connectivity index (χ4v) is 13.9. The number of halogens is 10. The van der Waals surface area contributed by atoms with Crippen LogP contribution in [0.5, 0.6) is 11.5 Å². The molecule has 16 heteroatoms. The van der Waals surface area contributed by atoms with Crippen molar-refractivity contribution in [2.24, 2.45) is 10.2 Å². The van der Waals surface area contributed by atoms with Crippen molar-refractivity contribution in [3.63, 3.8) is 0 Å². The van der Waals surface area contributed by atoms with Crippen molar-refractivity contribution >= 4 is 46.1 Å². The molecule has 61 heavy (non-hydrogen) atoms. The van der Waals surface area contributed by atoms with Crippen molar-refractivity contribution in [3.05, 3.63) is 163 Å². The van der Waals surface area contributed by atoms with Crippen molar-refractivity contribution in [1.29, 1.82) is 0 Å². The lowest BCUT2D eigenvalue weighted by atomic mass is 9.27. The standard InChI is InChI=1S/C45H34BF10N2O2P/c1-19-15-21(3)43(22(4)16-19)61(44-23(5)17-20(2)18-24(44)6)28-14-10-12-26-42(28)59-41-25(45(26,7)8)11-9-13-27(41)46(60-57-58-61,29-31(47)35(51)39(55)36(52)32(29)48)30-33(49)37(53)40(56)38(54)34(30)50/h9-18H,1-8H3/b58-57+. The van der Waals surface area contributed by atoms with E-state index in [0.29, 0.717) is 43.7 Å². The van der Waals surface area contributed by atoms with Gasteiger partial charge in [-0.25, -0.2) is 43.9 Å². The van der Waals surface area contributed by atoms with Crippen LogP contribution in [0.2, 0.25) is 0 Å². The lowest BCUT2D eigenvalue weighted by Gasteiger charge is -2.45. The highest BCUT2D eigenvalue weighted by Gasteiger charge is 2.58. The Morgan fingerprint density at radius 2 is 0.885 bits per heavy atom. The summed E-state index contributed by atoms with van der Waals surface area (Å²) in [5.41, 5.74) is -1.23. The second kappa shape index (κ2) is 14.2. The second-order valence-corrected chi connectivity index (χ2v) is 19.1. The number of aryl methyl sites for hydroxylation is 6. The molecule has 6 aromatic carbocycles. The Hall–Kier alpha value is -5.69. The molecular weight excluding hydrogens is 832 g/mol. The van der Waals surface area contributed by atoms with Crippen LogP contribution in [0.3, 0.4) is 0 Å². The van der Waals surface area contributed by atoms with Crippen molar-refractivity contribution in [3.8, 4) is 11.5 Å². The monoisotopic (exact) mass is 866 g/mol. The van der Waals surface area contributed by atoms with E-state index in [1.54, 1.807) is 32.0 Å². The number of hydrogen-bond acceptors (Lipinski definition) is 4. The molecule has 0 aromatic heterocycles. The molecule has 0 aliphatic carbocycles. The number of hydrogen-bond donors (Lipinski definition) is 0. The normalized spacial score (nSPS) is 16.2. The molecule has 0 atom stereocenters. The fraction of sp³-hybridized carbons (Fsp3) is 0.200. The van der Waals surface area contributed by atoms with Gasteiger partial charge in [-0.2, -0.15) is 0 Å². The van der Waals surface area contributed by atoms with Gasteiger partial charge in [0.1, 0.15) is 39.6 Å². The maximum absolute atomic E-state index is 16.6. The third kappa shape index (κ3) is 5.64. The van der Waals surface area contributed by atoms with Gasteiger partial charge < -0.3 is 9.49 Å². The van der Waals surface area contributed by atoms with Crippen molar-refractivity contribution in [2.45, 2.75) is 60.8 Å². The van der Waals surface area contributed by atoms with Gasteiger partial charge in [0, 0.05) is 26.7 Å². The molecule has 6 aromatic rings. The molecule has 2 aliphatic heterocycles. The van der Waals surface area contributed by atoms with Gasteiger partial charge in [-0.15, -0.1) is 5.46 Å². The van der Waals surface area contributed by atoms with Crippen LogP contribution in [0.4, 0.5) is 43.9 Å². The highest BCUT2D eigenvalue weighted by Crippen LogP contribution is 2.64. The molecule has 0 radical (unpaired) electrons. The predicted molar refractivity (Wildman–Crippen MR) is 215 cm³/mol. The Balaban J connectivity index is 1.70. The third-order valence-corrected chi connectivity index (χ3v) is 16.1. The van der Waals surface area contributed by atoms with E-state index < -0.39 is 99.5 Å². The second-order valence-electron chi connectivity index (χ2n) is 16.3. The van der Waals surface area contributed by atoms with Crippen LogP contribution < -0.4 is 37.0 Å². The van der Waals surface area contributed by atoms with Crippen LogP contribution in [0, 0.1) is 99.7 Å². The molecule has 4 nitrogen and oxygen atoms in total. The van der Waals surface area contributed by atoms with E-state index in [1.807, 2.05) is 65.8 Å². The van der Waals surface area contributed by atoms with E-state index in [9.17, 15) is 8.78 Å². The molecule has 0 unspecified atom stereocenters.